The molecule has 158 valence electrons. The maximum Gasteiger partial charge on any atom is 0.253 e. The largest absolute Gasteiger partial charge is 0.352 e. The molecule has 1 aromatic carbocycles. The normalized spacial score (nSPS) is 22.3. The van der Waals surface area contributed by atoms with E-state index in [0.717, 1.165) is 69.2 Å². The van der Waals surface area contributed by atoms with Crippen molar-refractivity contribution in [2.45, 2.75) is 51.1 Å². The molecule has 1 N–H and O–H groups in total. The maximum absolute atomic E-state index is 12.8. The number of likely N-dealkylation sites (tertiary alicyclic amines) is 1. The number of aryl methyl sites for hydroxylation is 1. The summed E-state index contributed by atoms with van der Waals surface area (Å²) in [5.74, 6) is 0.232. The molecule has 1 saturated carbocycles. The van der Waals surface area contributed by atoms with Crippen molar-refractivity contribution in [3.63, 3.8) is 0 Å². The van der Waals surface area contributed by atoms with Crippen LogP contribution < -0.4 is 5.32 Å². The SMILES string of the molecule is Cc1cccc(C(=O)N2CCCN(CC(=O)NC3CCN(C4CC4)CC3)CC2)c1. The molecular weight excluding hydrogens is 364 g/mol. The number of amides is 2. The molecule has 0 unspecified atom stereocenters. The Morgan fingerprint density at radius 2 is 1.79 bits per heavy atom. The number of hydrogen-bond donors (Lipinski definition) is 1. The molecule has 0 radical (unpaired) electrons. The Hall–Kier alpha value is -1.92. The van der Waals surface area contributed by atoms with E-state index in [0.29, 0.717) is 19.1 Å². The van der Waals surface area contributed by atoms with E-state index in [2.05, 4.69) is 15.1 Å². The Morgan fingerprint density at radius 3 is 2.52 bits per heavy atom. The lowest BCUT2D eigenvalue weighted by atomic mass is 10.0. The van der Waals surface area contributed by atoms with Gasteiger partial charge in [-0.15, -0.1) is 0 Å². The highest BCUT2D eigenvalue weighted by atomic mass is 16.2. The van der Waals surface area contributed by atoms with Crippen LogP contribution in [0.1, 0.15) is 48.0 Å². The van der Waals surface area contributed by atoms with Gasteiger partial charge in [-0.1, -0.05) is 17.7 Å². The zero-order valence-electron chi connectivity index (χ0n) is 17.6. The van der Waals surface area contributed by atoms with Crippen LogP contribution in [0.25, 0.3) is 0 Å². The summed E-state index contributed by atoms with van der Waals surface area (Å²) < 4.78 is 0. The summed E-state index contributed by atoms with van der Waals surface area (Å²) in [5, 5.41) is 3.24. The van der Waals surface area contributed by atoms with Crippen molar-refractivity contribution in [2.75, 3.05) is 45.8 Å². The van der Waals surface area contributed by atoms with Crippen LogP contribution in [-0.4, -0.2) is 84.4 Å². The molecule has 0 atom stereocenters. The number of hydrogen-bond acceptors (Lipinski definition) is 4. The molecule has 0 bridgehead atoms. The summed E-state index contributed by atoms with van der Waals surface area (Å²) >= 11 is 0. The fourth-order valence-electron chi connectivity index (χ4n) is 4.62. The van der Waals surface area contributed by atoms with Crippen molar-refractivity contribution in [3.05, 3.63) is 35.4 Å². The second-order valence-corrected chi connectivity index (χ2v) is 8.90. The van der Waals surface area contributed by atoms with Gasteiger partial charge >= 0.3 is 0 Å². The van der Waals surface area contributed by atoms with E-state index in [1.54, 1.807) is 0 Å². The quantitative estimate of drug-likeness (QED) is 0.823. The minimum Gasteiger partial charge on any atom is -0.352 e. The summed E-state index contributed by atoms with van der Waals surface area (Å²) in [4.78, 5) is 32.1. The topological polar surface area (TPSA) is 55.9 Å². The third-order valence-electron chi connectivity index (χ3n) is 6.47. The van der Waals surface area contributed by atoms with Crippen LogP contribution in [0, 0.1) is 6.92 Å². The maximum atomic E-state index is 12.8. The lowest BCUT2D eigenvalue weighted by molar-refractivity contribution is -0.123. The van der Waals surface area contributed by atoms with Gasteiger partial charge in [0, 0.05) is 56.9 Å². The van der Waals surface area contributed by atoms with Gasteiger partial charge in [-0.3, -0.25) is 14.5 Å². The Bertz CT molecular complexity index is 725. The van der Waals surface area contributed by atoms with Crippen LogP contribution in [0.4, 0.5) is 0 Å². The third-order valence-corrected chi connectivity index (χ3v) is 6.47. The zero-order valence-corrected chi connectivity index (χ0v) is 17.6. The highest BCUT2D eigenvalue weighted by molar-refractivity contribution is 5.94. The zero-order chi connectivity index (χ0) is 20.2. The van der Waals surface area contributed by atoms with Gasteiger partial charge in [-0.2, -0.15) is 0 Å². The second kappa shape index (κ2) is 9.26. The highest BCUT2D eigenvalue weighted by Gasteiger charge is 2.32. The average molecular weight is 399 g/mol. The molecule has 4 rings (SSSR count). The van der Waals surface area contributed by atoms with Gasteiger partial charge < -0.3 is 15.1 Å². The van der Waals surface area contributed by atoms with Crippen LogP contribution in [0.5, 0.6) is 0 Å². The first-order valence-electron chi connectivity index (χ1n) is 11.2. The molecule has 2 saturated heterocycles. The highest BCUT2D eigenvalue weighted by Crippen LogP contribution is 2.29. The van der Waals surface area contributed by atoms with Crippen LogP contribution in [-0.2, 0) is 4.79 Å². The van der Waals surface area contributed by atoms with E-state index >= 15 is 0 Å². The summed E-state index contributed by atoms with van der Waals surface area (Å²) in [6.07, 6.45) is 5.76. The smallest absolute Gasteiger partial charge is 0.253 e. The van der Waals surface area contributed by atoms with Crippen LogP contribution in [0.2, 0.25) is 0 Å². The summed E-state index contributed by atoms with van der Waals surface area (Å²) in [6.45, 7) is 7.75. The summed E-state index contributed by atoms with van der Waals surface area (Å²) in [7, 11) is 0. The van der Waals surface area contributed by atoms with Crippen molar-refractivity contribution in [3.8, 4) is 0 Å². The minimum atomic E-state index is 0.0995. The Labute approximate surface area is 174 Å². The fourth-order valence-corrected chi connectivity index (χ4v) is 4.62. The molecule has 1 aromatic rings. The number of nitrogens with zero attached hydrogens (tertiary/aromatic N) is 3. The third kappa shape index (κ3) is 5.58. The number of rotatable bonds is 5. The van der Waals surface area contributed by atoms with Crippen molar-refractivity contribution < 1.29 is 9.59 Å². The van der Waals surface area contributed by atoms with Crippen LogP contribution >= 0.6 is 0 Å². The Morgan fingerprint density at radius 1 is 1.00 bits per heavy atom. The summed E-state index contributed by atoms with van der Waals surface area (Å²) in [5.41, 5.74) is 1.86. The number of carbonyl (C=O) groups excluding carboxylic acids is 2. The molecule has 0 spiro atoms. The molecule has 0 aromatic heterocycles. The predicted molar refractivity (Wildman–Crippen MR) is 114 cm³/mol. The van der Waals surface area contributed by atoms with Crippen molar-refractivity contribution in [1.82, 2.24) is 20.0 Å². The van der Waals surface area contributed by atoms with E-state index in [1.165, 1.54) is 12.8 Å². The predicted octanol–water partition coefficient (Wildman–Crippen LogP) is 1.89. The lowest BCUT2D eigenvalue weighted by Gasteiger charge is -2.32. The number of nitrogens with one attached hydrogen (secondary N) is 1. The van der Waals surface area contributed by atoms with Crippen LogP contribution in [0.15, 0.2) is 24.3 Å². The molecule has 3 aliphatic rings. The average Bonchev–Trinajstić information content (AvgIpc) is 3.56. The molecule has 2 heterocycles. The van der Waals surface area contributed by atoms with E-state index in [9.17, 15) is 9.59 Å². The van der Waals surface area contributed by atoms with Gasteiger partial charge in [0.2, 0.25) is 5.91 Å². The van der Waals surface area contributed by atoms with Crippen LogP contribution in [0.3, 0.4) is 0 Å². The molecule has 6 heteroatoms. The number of carbonyl (C=O) groups is 2. The van der Waals surface area contributed by atoms with Crippen molar-refractivity contribution in [2.24, 2.45) is 0 Å². The van der Waals surface area contributed by atoms with E-state index < -0.39 is 0 Å². The van der Waals surface area contributed by atoms with Crippen molar-refractivity contribution >= 4 is 11.8 Å². The first kappa shape index (κ1) is 20.4. The molecule has 6 nitrogen and oxygen atoms in total. The van der Waals surface area contributed by atoms with Gasteiger partial charge in [0.15, 0.2) is 0 Å². The molecule has 1 aliphatic carbocycles. The first-order valence-corrected chi connectivity index (χ1v) is 11.2. The molecule has 3 fully saturated rings. The molecule has 29 heavy (non-hydrogen) atoms. The first-order chi connectivity index (χ1) is 14.1. The summed E-state index contributed by atoms with van der Waals surface area (Å²) in [6, 6.07) is 8.94. The molecular formula is C23H34N4O2. The van der Waals surface area contributed by atoms with Gasteiger partial charge in [-0.05, 0) is 51.2 Å². The molecule has 2 aliphatic heterocycles. The van der Waals surface area contributed by atoms with Crippen molar-refractivity contribution in [1.29, 1.82) is 0 Å². The number of piperidine rings is 1. The Balaban J connectivity index is 1.21. The minimum absolute atomic E-state index is 0.0995. The standard InChI is InChI=1S/C23H34N4O2/c1-18-4-2-5-19(16-18)23(29)27-11-3-10-25(14-15-27)17-22(28)24-20-8-12-26(13-9-20)21-6-7-21/h2,4-5,16,20-21H,3,6-15,17H2,1H3,(H,24,28). The van der Waals surface area contributed by atoms with Gasteiger partial charge in [0.25, 0.3) is 5.91 Å². The number of benzene rings is 1. The van der Waals surface area contributed by atoms with E-state index in [4.69, 9.17) is 0 Å². The van der Waals surface area contributed by atoms with E-state index in [-0.39, 0.29) is 11.8 Å². The van der Waals surface area contributed by atoms with E-state index in [1.807, 2.05) is 36.1 Å². The fraction of sp³-hybridized carbons (Fsp3) is 0.652. The van der Waals surface area contributed by atoms with Gasteiger partial charge in [-0.25, -0.2) is 0 Å². The lowest BCUT2D eigenvalue weighted by Crippen LogP contribution is -2.48. The Kier molecular flexibility index (Phi) is 6.50. The van der Waals surface area contributed by atoms with Gasteiger partial charge in [0.05, 0.1) is 6.54 Å². The second-order valence-electron chi connectivity index (χ2n) is 8.90. The monoisotopic (exact) mass is 398 g/mol. The van der Waals surface area contributed by atoms with Gasteiger partial charge in [0.1, 0.15) is 0 Å². The molecule has 2 amide bonds.